The predicted molar refractivity (Wildman–Crippen MR) is 107 cm³/mol. The molecule has 1 fully saturated rings. The number of hydrogen-bond donors (Lipinski definition) is 0. The summed E-state index contributed by atoms with van der Waals surface area (Å²) in [6, 6.07) is 5.21. The lowest BCUT2D eigenvalue weighted by Crippen LogP contribution is -2.42. The van der Waals surface area contributed by atoms with Crippen LogP contribution in [0.4, 0.5) is 13.2 Å². The van der Waals surface area contributed by atoms with E-state index in [1.54, 1.807) is 0 Å². The third-order valence-electron chi connectivity index (χ3n) is 5.17. The molecule has 2 aromatic rings. The molecule has 3 rings (SSSR count). The molecule has 1 aliphatic heterocycles. The van der Waals surface area contributed by atoms with Crippen molar-refractivity contribution < 1.29 is 30.9 Å². The van der Waals surface area contributed by atoms with E-state index < -0.39 is 48.5 Å². The molecule has 0 saturated carbocycles. The summed E-state index contributed by atoms with van der Waals surface area (Å²) in [7, 11) is -4.12. The van der Waals surface area contributed by atoms with Crippen molar-refractivity contribution in [1.29, 1.82) is 0 Å². The second kappa shape index (κ2) is 8.31. The first kappa shape index (κ1) is 23.3. The van der Waals surface area contributed by atoms with Crippen LogP contribution < -0.4 is 0 Å². The number of pyridine rings is 1. The SMILES string of the molecule is C[S+]([O-])c1cnc(C2CC(C)(S(=O)(=O)c3cccc(C(F)(F)F)c3)CCO2)c(Cl)c1. The number of aromatic nitrogens is 1. The van der Waals surface area contributed by atoms with Crippen LogP contribution in [0.5, 0.6) is 0 Å². The molecule has 0 amide bonds. The summed E-state index contributed by atoms with van der Waals surface area (Å²) in [6.07, 6.45) is -2.49. The van der Waals surface area contributed by atoms with Gasteiger partial charge in [-0.05, 0) is 49.1 Å². The van der Waals surface area contributed by atoms with Crippen molar-refractivity contribution in [2.75, 3.05) is 12.9 Å². The summed E-state index contributed by atoms with van der Waals surface area (Å²) >= 11 is 4.96. The fourth-order valence-corrected chi connectivity index (χ4v) is 6.01. The van der Waals surface area contributed by atoms with Crippen LogP contribution in [0.25, 0.3) is 0 Å². The summed E-state index contributed by atoms with van der Waals surface area (Å²) in [5.74, 6) is 0. The van der Waals surface area contributed by atoms with Gasteiger partial charge in [0, 0.05) is 12.7 Å². The molecule has 3 atom stereocenters. The van der Waals surface area contributed by atoms with Crippen molar-refractivity contribution in [3.63, 3.8) is 0 Å². The lowest BCUT2D eigenvalue weighted by atomic mass is 9.94. The summed E-state index contributed by atoms with van der Waals surface area (Å²) in [5.41, 5.74) is -0.723. The third kappa shape index (κ3) is 4.47. The normalized spacial score (nSPS) is 23.9. The summed E-state index contributed by atoms with van der Waals surface area (Å²) in [5, 5.41) is 0.188. The van der Waals surface area contributed by atoms with E-state index in [0.717, 1.165) is 18.2 Å². The van der Waals surface area contributed by atoms with Crippen LogP contribution in [-0.4, -0.2) is 35.6 Å². The minimum Gasteiger partial charge on any atom is -0.612 e. The van der Waals surface area contributed by atoms with Crippen molar-refractivity contribution in [2.45, 2.75) is 46.6 Å². The number of halogens is 4. The molecule has 11 heteroatoms. The van der Waals surface area contributed by atoms with E-state index in [2.05, 4.69) is 4.98 Å². The van der Waals surface area contributed by atoms with Gasteiger partial charge in [0.2, 0.25) is 0 Å². The Balaban J connectivity index is 1.95. The smallest absolute Gasteiger partial charge is 0.416 e. The second-order valence-corrected chi connectivity index (χ2v) is 11.5. The highest BCUT2D eigenvalue weighted by molar-refractivity contribution is 7.92. The van der Waals surface area contributed by atoms with Gasteiger partial charge < -0.3 is 9.29 Å². The molecule has 0 spiro atoms. The maximum atomic E-state index is 13.3. The fraction of sp³-hybridized carbons (Fsp3) is 0.421. The van der Waals surface area contributed by atoms with Gasteiger partial charge in [-0.25, -0.2) is 8.42 Å². The molecule has 1 aromatic carbocycles. The Morgan fingerprint density at radius 1 is 1.33 bits per heavy atom. The zero-order valence-corrected chi connectivity index (χ0v) is 18.5. The number of nitrogens with zero attached hydrogens (tertiary/aromatic N) is 1. The van der Waals surface area contributed by atoms with Gasteiger partial charge in [-0.3, -0.25) is 4.98 Å². The third-order valence-corrected chi connectivity index (χ3v) is 8.90. The van der Waals surface area contributed by atoms with E-state index in [9.17, 15) is 26.1 Å². The minimum atomic E-state index is -4.65. The van der Waals surface area contributed by atoms with Gasteiger partial charge in [-0.1, -0.05) is 17.7 Å². The van der Waals surface area contributed by atoms with Gasteiger partial charge in [0.15, 0.2) is 14.7 Å². The molecule has 0 N–H and O–H groups in total. The lowest BCUT2D eigenvalue weighted by Gasteiger charge is -2.37. The van der Waals surface area contributed by atoms with E-state index in [4.69, 9.17) is 16.3 Å². The largest absolute Gasteiger partial charge is 0.612 e. The molecule has 164 valence electrons. The van der Waals surface area contributed by atoms with E-state index in [0.29, 0.717) is 16.7 Å². The number of rotatable bonds is 4. The van der Waals surface area contributed by atoms with Crippen molar-refractivity contribution in [3.05, 3.63) is 52.8 Å². The zero-order valence-electron chi connectivity index (χ0n) is 16.1. The average molecular weight is 482 g/mol. The van der Waals surface area contributed by atoms with Crippen LogP contribution in [0.15, 0.2) is 46.3 Å². The summed E-state index contributed by atoms with van der Waals surface area (Å²) in [4.78, 5) is 4.22. The highest BCUT2D eigenvalue weighted by atomic mass is 35.5. The minimum absolute atomic E-state index is 0.0349. The van der Waals surface area contributed by atoms with E-state index >= 15 is 0 Å². The van der Waals surface area contributed by atoms with Crippen molar-refractivity contribution in [2.24, 2.45) is 0 Å². The van der Waals surface area contributed by atoms with Crippen molar-refractivity contribution in [3.8, 4) is 0 Å². The Morgan fingerprint density at radius 2 is 2.03 bits per heavy atom. The quantitative estimate of drug-likeness (QED) is 0.597. The molecule has 0 radical (unpaired) electrons. The highest BCUT2D eigenvalue weighted by Crippen LogP contribution is 2.43. The molecule has 3 unspecified atom stereocenters. The first-order valence-electron chi connectivity index (χ1n) is 8.87. The van der Waals surface area contributed by atoms with Crippen LogP contribution in [0.2, 0.25) is 5.02 Å². The van der Waals surface area contributed by atoms with Crippen LogP contribution in [0.3, 0.4) is 0 Å². The Hall–Kier alpha value is -1.33. The van der Waals surface area contributed by atoms with Gasteiger partial charge in [-0.2, -0.15) is 13.2 Å². The number of alkyl halides is 3. The Labute approximate surface area is 180 Å². The molecule has 1 aliphatic rings. The van der Waals surface area contributed by atoms with Gasteiger partial charge >= 0.3 is 6.18 Å². The predicted octanol–water partition coefficient (Wildman–Crippen LogP) is 4.58. The molecular weight excluding hydrogens is 463 g/mol. The first-order valence-corrected chi connectivity index (χ1v) is 12.3. The molecule has 1 saturated heterocycles. The van der Waals surface area contributed by atoms with E-state index in [1.165, 1.54) is 25.4 Å². The van der Waals surface area contributed by atoms with Crippen LogP contribution >= 0.6 is 11.6 Å². The van der Waals surface area contributed by atoms with Gasteiger partial charge in [0.1, 0.15) is 12.4 Å². The zero-order chi connectivity index (χ0) is 22.3. The number of sulfone groups is 1. The maximum Gasteiger partial charge on any atom is 0.416 e. The summed E-state index contributed by atoms with van der Waals surface area (Å²) in [6.45, 7) is 1.56. The molecule has 2 heterocycles. The number of hydrogen-bond acceptors (Lipinski definition) is 5. The molecule has 0 bridgehead atoms. The highest BCUT2D eigenvalue weighted by Gasteiger charge is 2.46. The Bertz CT molecular complexity index is 1050. The van der Waals surface area contributed by atoms with Crippen molar-refractivity contribution >= 4 is 32.6 Å². The van der Waals surface area contributed by atoms with E-state index in [-0.39, 0.29) is 24.5 Å². The Morgan fingerprint density at radius 3 is 2.63 bits per heavy atom. The molecule has 0 aliphatic carbocycles. The number of benzene rings is 1. The van der Waals surface area contributed by atoms with E-state index in [1.807, 2.05) is 0 Å². The topological polar surface area (TPSA) is 79.3 Å². The van der Waals surface area contributed by atoms with Gasteiger partial charge in [0.25, 0.3) is 0 Å². The molecule has 1 aromatic heterocycles. The van der Waals surface area contributed by atoms with Crippen LogP contribution in [-0.2, 0) is 31.9 Å². The Kier molecular flexibility index (Phi) is 6.46. The fourth-order valence-electron chi connectivity index (χ4n) is 3.34. The van der Waals surface area contributed by atoms with Gasteiger partial charge in [-0.15, -0.1) is 0 Å². The van der Waals surface area contributed by atoms with Crippen LogP contribution in [0, 0.1) is 0 Å². The van der Waals surface area contributed by atoms with Crippen molar-refractivity contribution in [1.82, 2.24) is 4.98 Å². The molecule has 5 nitrogen and oxygen atoms in total. The monoisotopic (exact) mass is 481 g/mol. The number of ether oxygens (including phenoxy) is 1. The van der Waals surface area contributed by atoms with Gasteiger partial charge in [0.05, 0.1) is 32.1 Å². The standard InChI is InChI=1S/C19H19ClF3NO4S2/c1-18(30(26,27)14-5-3-4-12(8-14)19(21,22)23)6-7-28-16(10-18)17-15(20)9-13(11-24-17)29(2)25/h3-5,8-9,11,16H,6-7,10H2,1-2H3. The summed E-state index contributed by atoms with van der Waals surface area (Å²) < 4.78 is 81.6. The second-order valence-electron chi connectivity index (χ2n) is 7.28. The first-order chi connectivity index (χ1) is 13.8. The average Bonchev–Trinajstić information content (AvgIpc) is 2.67. The van der Waals surface area contributed by atoms with Crippen LogP contribution in [0.1, 0.15) is 37.1 Å². The lowest BCUT2D eigenvalue weighted by molar-refractivity contribution is -0.137. The maximum absolute atomic E-state index is 13.3. The molecular formula is C19H19ClF3NO4S2. The molecule has 30 heavy (non-hydrogen) atoms.